The Hall–Kier alpha value is -1.06. The zero-order valence-electron chi connectivity index (χ0n) is 8.82. The lowest BCUT2D eigenvalue weighted by atomic mass is 10.0. The third kappa shape index (κ3) is 2.25. The van der Waals surface area contributed by atoms with Gasteiger partial charge in [0.05, 0.1) is 13.2 Å². The van der Waals surface area contributed by atoms with Gasteiger partial charge in [-0.1, -0.05) is 12.1 Å². The molecule has 0 aromatic heterocycles. The van der Waals surface area contributed by atoms with E-state index in [0.29, 0.717) is 5.75 Å². The minimum absolute atomic E-state index is 0.299. The third-order valence-electron chi connectivity index (χ3n) is 2.21. The van der Waals surface area contributed by atoms with Gasteiger partial charge in [0.2, 0.25) is 0 Å². The zero-order valence-corrected chi connectivity index (χ0v) is 8.82. The van der Waals surface area contributed by atoms with Gasteiger partial charge in [-0.15, -0.1) is 0 Å². The molecule has 2 atom stereocenters. The van der Waals surface area contributed by atoms with E-state index in [0.717, 1.165) is 11.1 Å². The highest BCUT2D eigenvalue weighted by molar-refractivity contribution is 5.39. The summed E-state index contributed by atoms with van der Waals surface area (Å²) in [7, 11) is 1.59. The van der Waals surface area contributed by atoms with Crippen molar-refractivity contribution in [3.63, 3.8) is 0 Å². The fourth-order valence-electron chi connectivity index (χ4n) is 1.35. The molecule has 0 saturated heterocycles. The van der Waals surface area contributed by atoms with Crippen molar-refractivity contribution in [2.24, 2.45) is 5.73 Å². The molecular weight excluding hydrogens is 178 g/mol. The smallest absolute Gasteiger partial charge is 0.124 e. The largest absolute Gasteiger partial charge is 0.496 e. The van der Waals surface area contributed by atoms with Gasteiger partial charge < -0.3 is 15.6 Å². The normalized spacial score (nSPS) is 14.9. The van der Waals surface area contributed by atoms with Crippen molar-refractivity contribution >= 4 is 0 Å². The first-order valence-corrected chi connectivity index (χ1v) is 4.64. The molecule has 0 bridgehead atoms. The van der Waals surface area contributed by atoms with Crippen LogP contribution in [0, 0.1) is 6.92 Å². The predicted molar refractivity (Wildman–Crippen MR) is 56.3 cm³/mol. The van der Waals surface area contributed by atoms with E-state index in [-0.39, 0.29) is 6.04 Å². The molecule has 0 radical (unpaired) electrons. The van der Waals surface area contributed by atoms with Crippen molar-refractivity contribution in [2.45, 2.75) is 26.0 Å². The van der Waals surface area contributed by atoms with E-state index in [1.807, 2.05) is 25.1 Å². The summed E-state index contributed by atoms with van der Waals surface area (Å²) in [6, 6.07) is 5.37. The van der Waals surface area contributed by atoms with E-state index in [4.69, 9.17) is 10.5 Å². The highest BCUT2D eigenvalue weighted by atomic mass is 16.5. The number of aliphatic hydroxyl groups is 1. The van der Waals surface area contributed by atoms with Gasteiger partial charge in [-0.2, -0.15) is 0 Å². The summed E-state index contributed by atoms with van der Waals surface area (Å²) < 4.78 is 5.18. The summed E-state index contributed by atoms with van der Waals surface area (Å²) in [5, 5.41) is 9.80. The lowest BCUT2D eigenvalue weighted by Crippen LogP contribution is -2.24. The second-order valence-electron chi connectivity index (χ2n) is 3.55. The number of rotatable bonds is 3. The molecular formula is C11H17NO2. The molecule has 3 nitrogen and oxygen atoms in total. The van der Waals surface area contributed by atoms with Crippen molar-refractivity contribution in [1.82, 2.24) is 0 Å². The van der Waals surface area contributed by atoms with Crippen LogP contribution in [0.25, 0.3) is 0 Å². The van der Waals surface area contributed by atoms with Gasteiger partial charge in [-0.05, 0) is 25.5 Å². The molecule has 0 aliphatic heterocycles. The van der Waals surface area contributed by atoms with E-state index < -0.39 is 6.10 Å². The molecule has 3 N–H and O–H groups in total. The molecule has 14 heavy (non-hydrogen) atoms. The zero-order chi connectivity index (χ0) is 10.7. The van der Waals surface area contributed by atoms with Gasteiger partial charge in [-0.25, -0.2) is 0 Å². The Labute approximate surface area is 84.5 Å². The number of aliphatic hydroxyl groups excluding tert-OH is 1. The number of benzene rings is 1. The van der Waals surface area contributed by atoms with Crippen LogP contribution in [0.3, 0.4) is 0 Å². The molecule has 1 rings (SSSR count). The molecule has 0 aliphatic rings. The molecule has 0 aliphatic carbocycles. The van der Waals surface area contributed by atoms with Crippen LogP contribution in [0.2, 0.25) is 0 Å². The van der Waals surface area contributed by atoms with Crippen LogP contribution in [0.15, 0.2) is 18.2 Å². The van der Waals surface area contributed by atoms with Crippen LogP contribution >= 0.6 is 0 Å². The van der Waals surface area contributed by atoms with Crippen molar-refractivity contribution in [1.29, 1.82) is 0 Å². The van der Waals surface area contributed by atoms with Crippen LogP contribution < -0.4 is 10.5 Å². The molecule has 0 spiro atoms. The van der Waals surface area contributed by atoms with Crippen LogP contribution in [-0.4, -0.2) is 18.3 Å². The Morgan fingerprint density at radius 2 is 2.07 bits per heavy atom. The van der Waals surface area contributed by atoms with Gasteiger partial charge >= 0.3 is 0 Å². The lowest BCUT2D eigenvalue weighted by molar-refractivity contribution is 0.149. The molecule has 78 valence electrons. The Morgan fingerprint density at radius 1 is 1.43 bits per heavy atom. The summed E-state index contributed by atoms with van der Waals surface area (Å²) in [6.07, 6.45) is -0.675. The van der Waals surface area contributed by atoms with Crippen molar-refractivity contribution < 1.29 is 9.84 Å². The van der Waals surface area contributed by atoms with Crippen LogP contribution in [0.1, 0.15) is 24.2 Å². The van der Waals surface area contributed by atoms with Crippen LogP contribution in [-0.2, 0) is 0 Å². The van der Waals surface area contributed by atoms with Crippen molar-refractivity contribution in [2.75, 3.05) is 7.11 Å². The van der Waals surface area contributed by atoms with Gasteiger partial charge in [0, 0.05) is 11.6 Å². The molecule has 0 heterocycles. The summed E-state index contributed by atoms with van der Waals surface area (Å²) in [5.41, 5.74) is 7.47. The summed E-state index contributed by atoms with van der Waals surface area (Å²) in [6.45, 7) is 3.74. The third-order valence-corrected chi connectivity index (χ3v) is 2.21. The van der Waals surface area contributed by atoms with Crippen molar-refractivity contribution in [3.8, 4) is 5.75 Å². The number of ether oxygens (including phenoxy) is 1. The Bertz CT molecular complexity index is 310. The van der Waals surface area contributed by atoms with E-state index in [2.05, 4.69) is 0 Å². The number of aryl methyl sites for hydroxylation is 1. The monoisotopic (exact) mass is 195 g/mol. The first kappa shape index (κ1) is 11.0. The Kier molecular flexibility index (Phi) is 3.49. The van der Waals surface area contributed by atoms with Gasteiger partial charge in [0.15, 0.2) is 0 Å². The first-order chi connectivity index (χ1) is 6.56. The molecule has 0 amide bonds. The Morgan fingerprint density at radius 3 is 2.57 bits per heavy atom. The number of nitrogens with two attached hydrogens (primary N) is 1. The van der Waals surface area contributed by atoms with Crippen molar-refractivity contribution in [3.05, 3.63) is 29.3 Å². The molecule has 0 unspecified atom stereocenters. The average Bonchev–Trinajstić information content (AvgIpc) is 2.16. The summed E-state index contributed by atoms with van der Waals surface area (Å²) in [5.74, 6) is 0.690. The van der Waals surface area contributed by atoms with Crippen LogP contribution in [0.5, 0.6) is 5.75 Å². The standard InChI is InChI=1S/C11H17NO2/c1-7-4-5-9(10(6-7)14-3)11(13)8(2)12/h4-6,8,11,13H,12H2,1-3H3/t8-,11-/m1/s1. The van der Waals surface area contributed by atoms with Crippen LogP contribution in [0.4, 0.5) is 0 Å². The van der Waals surface area contributed by atoms with E-state index in [9.17, 15) is 5.11 Å². The quantitative estimate of drug-likeness (QED) is 0.766. The van der Waals surface area contributed by atoms with Gasteiger partial charge in [0.1, 0.15) is 5.75 Å². The maximum atomic E-state index is 9.80. The minimum Gasteiger partial charge on any atom is -0.496 e. The molecule has 0 saturated carbocycles. The SMILES string of the molecule is COc1cc(C)ccc1[C@H](O)[C@@H](C)N. The number of methoxy groups -OCH3 is 1. The highest BCUT2D eigenvalue weighted by Crippen LogP contribution is 2.27. The fraction of sp³-hybridized carbons (Fsp3) is 0.455. The molecule has 0 fully saturated rings. The lowest BCUT2D eigenvalue weighted by Gasteiger charge is -2.18. The topological polar surface area (TPSA) is 55.5 Å². The van der Waals surface area contributed by atoms with E-state index in [1.165, 1.54) is 0 Å². The van der Waals surface area contributed by atoms with Gasteiger partial charge in [-0.3, -0.25) is 0 Å². The second-order valence-corrected chi connectivity index (χ2v) is 3.55. The average molecular weight is 195 g/mol. The van der Waals surface area contributed by atoms with E-state index >= 15 is 0 Å². The minimum atomic E-state index is -0.675. The summed E-state index contributed by atoms with van der Waals surface area (Å²) in [4.78, 5) is 0. The predicted octanol–water partition coefficient (Wildman–Crippen LogP) is 1.38. The maximum absolute atomic E-state index is 9.80. The van der Waals surface area contributed by atoms with E-state index in [1.54, 1.807) is 14.0 Å². The Balaban J connectivity index is 3.07. The first-order valence-electron chi connectivity index (χ1n) is 4.64. The second kappa shape index (κ2) is 4.44. The summed E-state index contributed by atoms with van der Waals surface area (Å²) >= 11 is 0. The highest BCUT2D eigenvalue weighted by Gasteiger charge is 2.16. The van der Waals surface area contributed by atoms with Gasteiger partial charge in [0.25, 0.3) is 0 Å². The molecule has 1 aromatic rings. The fourth-order valence-corrected chi connectivity index (χ4v) is 1.35. The molecule has 3 heteroatoms. The number of hydrogen-bond acceptors (Lipinski definition) is 3. The number of hydrogen-bond donors (Lipinski definition) is 2. The maximum Gasteiger partial charge on any atom is 0.124 e. The molecule has 1 aromatic carbocycles.